The van der Waals surface area contributed by atoms with Crippen LogP contribution in [0.5, 0.6) is 0 Å². The van der Waals surface area contributed by atoms with E-state index in [9.17, 15) is 13.2 Å². The van der Waals surface area contributed by atoms with E-state index in [2.05, 4.69) is 54.1 Å². The molecule has 0 amide bonds. The van der Waals surface area contributed by atoms with Gasteiger partial charge in [-0.3, -0.25) is 0 Å². The Morgan fingerprint density at radius 2 is 2.03 bits per heavy atom. The zero-order valence-electron chi connectivity index (χ0n) is 19.8. The minimum absolute atomic E-state index is 0.241. The van der Waals surface area contributed by atoms with Crippen molar-refractivity contribution in [1.29, 1.82) is 0 Å². The number of halogens is 3. The number of fused-ring (bicyclic) bond motifs is 1. The lowest BCUT2D eigenvalue weighted by molar-refractivity contribution is -0.137. The molecule has 1 atom stereocenters. The van der Waals surface area contributed by atoms with E-state index in [-0.39, 0.29) is 11.1 Å². The Morgan fingerprint density at radius 3 is 2.72 bits per heavy atom. The zero-order chi connectivity index (χ0) is 25.4. The van der Waals surface area contributed by atoms with Gasteiger partial charge in [0.25, 0.3) is 0 Å². The van der Waals surface area contributed by atoms with Gasteiger partial charge in [-0.1, -0.05) is 6.07 Å². The number of nitrogens with zero attached hydrogens (tertiary/aromatic N) is 6. The molecule has 9 nitrogen and oxygen atoms in total. The Morgan fingerprint density at radius 1 is 1.19 bits per heavy atom. The molecule has 0 bridgehead atoms. The molecule has 0 saturated carbocycles. The fraction of sp³-hybridized carbons (Fsp3) is 0.333. The third-order valence-electron chi connectivity index (χ3n) is 6.47. The SMILES string of the molecule is CN1CCC(N(C)c2ccc(CNc3ncc(N)c(-c4c[nH]c5ncc(C(F)(F)F)cc45)n3)cn2)C1. The number of likely N-dealkylation sites (tertiary alicyclic amines) is 1. The van der Waals surface area contributed by atoms with Crippen molar-refractivity contribution in [2.75, 3.05) is 43.1 Å². The fourth-order valence-electron chi connectivity index (χ4n) is 4.37. The summed E-state index contributed by atoms with van der Waals surface area (Å²) >= 11 is 0. The summed E-state index contributed by atoms with van der Waals surface area (Å²) in [6.45, 7) is 2.52. The number of likely N-dealkylation sites (N-methyl/N-ethyl adjacent to an activating group) is 2. The Balaban J connectivity index is 1.32. The van der Waals surface area contributed by atoms with Crippen LogP contribution in [0.2, 0.25) is 0 Å². The summed E-state index contributed by atoms with van der Waals surface area (Å²) < 4.78 is 39.6. The van der Waals surface area contributed by atoms with Crippen molar-refractivity contribution < 1.29 is 13.2 Å². The molecule has 0 spiro atoms. The van der Waals surface area contributed by atoms with Gasteiger partial charge >= 0.3 is 6.18 Å². The Hall–Kier alpha value is -3.93. The summed E-state index contributed by atoms with van der Waals surface area (Å²) in [6, 6.07) is 5.46. The van der Waals surface area contributed by atoms with Gasteiger partial charge < -0.3 is 25.8 Å². The number of anilines is 3. The number of aromatic nitrogens is 5. The molecule has 5 rings (SSSR count). The summed E-state index contributed by atoms with van der Waals surface area (Å²) in [5.41, 5.74) is 7.45. The lowest BCUT2D eigenvalue weighted by atomic mass is 10.1. The molecule has 4 aromatic rings. The monoisotopic (exact) mass is 497 g/mol. The van der Waals surface area contributed by atoms with E-state index in [1.165, 1.54) is 6.20 Å². The Bertz CT molecular complexity index is 1370. The molecule has 5 heterocycles. The van der Waals surface area contributed by atoms with Gasteiger partial charge in [0.1, 0.15) is 17.2 Å². The van der Waals surface area contributed by atoms with Crippen molar-refractivity contribution in [3.63, 3.8) is 0 Å². The van der Waals surface area contributed by atoms with Gasteiger partial charge in [-0.2, -0.15) is 13.2 Å². The molecule has 0 aliphatic carbocycles. The average Bonchev–Trinajstić information content (AvgIpc) is 3.49. The van der Waals surface area contributed by atoms with Crippen molar-refractivity contribution in [2.24, 2.45) is 0 Å². The van der Waals surface area contributed by atoms with E-state index in [1.807, 2.05) is 12.1 Å². The molecule has 188 valence electrons. The van der Waals surface area contributed by atoms with Crippen molar-refractivity contribution in [2.45, 2.75) is 25.2 Å². The van der Waals surface area contributed by atoms with Crippen LogP contribution in [0.3, 0.4) is 0 Å². The molecule has 0 aromatic carbocycles. The first-order valence-corrected chi connectivity index (χ1v) is 11.5. The molecule has 4 aromatic heterocycles. The molecule has 1 aliphatic heterocycles. The summed E-state index contributed by atoms with van der Waals surface area (Å²) in [5, 5.41) is 3.42. The Kier molecular flexibility index (Phi) is 6.12. The molecule has 0 radical (unpaired) electrons. The minimum Gasteiger partial charge on any atom is -0.396 e. The highest BCUT2D eigenvalue weighted by Crippen LogP contribution is 2.35. The van der Waals surface area contributed by atoms with E-state index >= 15 is 0 Å². The number of hydrogen-bond acceptors (Lipinski definition) is 8. The lowest BCUT2D eigenvalue weighted by Crippen LogP contribution is -2.34. The third kappa shape index (κ3) is 4.76. The molecule has 4 N–H and O–H groups in total. The lowest BCUT2D eigenvalue weighted by Gasteiger charge is -2.25. The first kappa shape index (κ1) is 23.8. The van der Waals surface area contributed by atoms with Crippen molar-refractivity contribution in [3.05, 3.63) is 54.1 Å². The number of pyridine rings is 2. The van der Waals surface area contributed by atoms with Crippen molar-refractivity contribution in [3.8, 4) is 11.3 Å². The van der Waals surface area contributed by atoms with Crippen LogP contribution in [0.4, 0.5) is 30.6 Å². The molecule has 1 saturated heterocycles. The largest absolute Gasteiger partial charge is 0.417 e. The Labute approximate surface area is 205 Å². The van der Waals surface area contributed by atoms with Crippen LogP contribution < -0.4 is 16.0 Å². The maximum Gasteiger partial charge on any atom is 0.417 e. The van der Waals surface area contributed by atoms with Gasteiger partial charge in [-0.25, -0.2) is 19.9 Å². The van der Waals surface area contributed by atoms with Crippen LogP contribution >= 0.6 is 0 Å². The molecular weight excluding hydrogens is 471 g/mol. The number of rotatable bonds is 6. The summed E-state index contributed by atoms with van der Waals surface area (Å²) in [4.78, 5) is 24.6. The summed E-state index contributed by atoms with van der Waals surface area (Å²) in [6.07, 6.45) is 2.17. The number of H-pyrrole nitrogens is 1. The van der Waals surface area contributed by atoms with E-state index in [0.29, 0.717) is 35.4 Å². The summed E-state index contributed by atoms with van der Waals surface area (Å²) in [7, 11) is 4.18. The van der Waals surface area contributed by atoms with Crippen LogP contribution in [0.1, 0.15) is 17.5 Å². The van der Waals surface area contributed by atoms with Gasteiger partial charge in [0, 0.05) is 55.7 Å². The number of aromatic amines is 1. The van der Waals surface area contributed by atoms with E-state index in [4.69, 9.17) is 5.73 Å². The number of nitrogens with two attached hydrogens (primary N) is 1. The second kappa shape index (κ2) is 9.26. The van der Waals surface area contributed by atoms with E-state index in [1.54, 1.807) is 12.4 Å². The third-order valence-corrected chi connectivity index (χ3v) is 6.47. The number of alkyl halides is 3. The fourth-order valence-corrected chi connectivity index (χ4v) is 4.37. The molecule has 1 unspecified atom stereocenters. The predicted octanol–water partition coefficient (Wildman–Crippen LogP) is 3.77. The van der Waals surface area contributed by atoms with Gasteiger partial charge in [0.05, 0.1) is 17.4 Å². The van der Waals surface area contributed by atoms with E-state index < -0.39 is 11.7 Å². The average molecular weight is 498 g/mol. The van der Waals surface area contributed by atoms with E-state index in [0.717, 1.165) is 43.2 Å². The van der Waals surface area contributed by atoms with Gasteiger partial charge in [0.15, 0.2) is 0 Å². The first-order chi connectivity index (χ1) is 17.2. The van der Waals surface area contributed by atoms with Crippen LogP contribution in [-0.4, -0.2) is 63.0 Å². The highest BCUT2D eigenvalue weighted by Gasteiger charge is 2.31. The van der Waals surface area contributed by atoms with Gasteiger partial charge in [-0.05, 0) is 37.7 Å². The highest BCUT2D eigenvalue weighted by molar-refractivity contribution is 5.95. The van der Waals surface area contributed by atoms with Crippen LogP contribution in [0.25, 0.3) is 22.3 Å². The smallest absolute Gasteiger partial charge is 0.396 e. The maximum absolute atomic E-state index is 13.2. The van der Waals surface area contributed by atoms with Crippen LogP contribution in [0, 0.1) is 0 Å². The van der Waals surface area contributed by atoms with Gasteiger partial charge in [-0.15, -0.1) is 0 Å². The first-order valence-electron chi connectivity index (χ1n) is 11.5. The molecule has 12 heteroatoms. The standard InChI is InChI=1S/C24H26F3N9/c1-35-6-5-16(13-35)36(2)20-4-3-14(8-29-20)9-32-23-33-12-19(28)21(34-23)18-11-31-22-17(18)7-15(10-30-22)24(25,26)27/h3-4,7-8,10-12,16H,5-6,9,13,28H2,1-2H3,(H,30,31)(H,32,33,34). The van der Waals surface area contributed by atoms with Crippen molar-refractivity contribution >= 4 is 28.5 Å². The maximum atomic E-state index is 13.2. The second-order valence-corrected chi connectivity index (χ2v) is 9.01. The predicted molar refractivity (Wildman–Crippen MR) is 132 cm³/mol. The quantitative estimate of drug-likeness (QED) is 0.369. The molecular formula is C24H26F3N9. The molecule has 1 fully saturated rings. The van der Waals surface area contributed by atoms with Crippen molar-refractivity contribution in [1.82, 2.24) is 29.8 Å². The molecule has 36 heavy (non-hydrogen) atoms. The minimum atomic E-state index is -4.51. The normalized spacial score (nSPS) is 16.5. The number of hydrogen-bond donors (Lipinski definition) is 3. The zero-order valence-corrected chi connectivity index (χ0v) is 19.8. The number of nitrogens with one attached hydrogen (secondary N) is 2. The second-order valence-electron chi connectivity index (χ2n) is 9.01. The molecule has 1 aliphatic rings. The highest BCUT2D eigenvalue weighted by atomic mass is 19.4. The van der Waals surface area contributed by atoms with Crippen LogP contribution in [-0.2, 0) is 12.7 Å². The topological polar surface area (TPSA) is 112 Å². The van der Waals surface area contributed by atoms with Gasteiger partial charge in [0.2, 0.25) is 5.95 Å². The summed E-state index contributed by atoms with van der Waals surface area (Å²) in [5.74, 6) is 1.21. The number of nitrogen functional groups attached to an aromatic ring is 1. The van der Waals surface area contributed by atoms with Crippen LogP contribution in [0.15, 0.2) is 43.0 Å².